The second-order valence-corrected chi connectivity index (χ2v) is 10.2. The zero-order valence-electron chi connectivity index (χ0n) is 19.9. The molecule has 1 N–H and O–H groups in total. The summed E-state index contributed by atoms with van der Waals surface area (Å²) in [4.78, 5) is 0.282. The Labute approximate surface area is 207 Å². The highest BCUT2D eigenvalue weighted by Crippen LogP contribution is 2.21. The molecule has 180 valence electrons. The van der Waals surface area contributed by atoms with Crippen molar-refractivity contribution in [1.82, 2.24) is 9.29 Å². The van der Waals surface area contributed by atoms with Crippen LogP contribution in [0.25, 0.3) is 10.9 Å². The Morgan fingerprint density at radius 3 is 2.49 bits per heavy atom. The van der Waals surface area contributed by atoms with Gasteiger partial charge in [-0.1, -0.05) is 72.1 Å². The highest BCUT2D eigenvalue weighted by atomic mass is 32.2. The first kappa shape index (κ1) is 24.7. The van der Waals surface area contributed by atoms with Gasteiger partial charge in [-0.25, -0.2) is 13.1 Å². The van der Waals surface area contributed by atoms with Gasteiger partial charge in [0.2, 0.25) is 10.0 Å². The minimum Gasteiger partial charge on any atom is -0.377 e. The summed E-state index contributed by atoms with van der Waals surface area (Å²) in [5.74, 6) is 3.23. The first-order valence-corrected chi connectivity index (χ1v) is 13.3. The number of para-hydroxylation sites is 1. The Balaban J connectivity index is 1.32. The van der Waals surface area contributed by atoms with Crippen molar-refractivity contribution in [2.45, 2.75) is 37.7 Å². The number of rotatable bonds is 10. The summed E-state index contributed by atoms with van der Waals surface area (Å²) in [7, 11) is -3.53. The summed E-state index contributed by atoms with van der Waals surface area (Å²) in [5, 5.41) is 1.09. The van der Waals surface area contributed by atoms with E-state index in [2.05, 4.69) is 34.9 Å². The van der Waals surface area contributed by atoms with Gasteiger partial charge in [0.25, 0.3) is 0 Å². The minimum atomic E-state index is -3.53. The van der Waals surface area contributed by atoms with E-state index in [9.17, 15) is 8.42 Å². The maximum Gasteiger partial charge on any atom is 0.240 e. The van der Waals surface area contributed by atoms with Gasteiger partial charge >= 0.3 is 0 Å². The third kappa shape index (κ3) is 6.83. The number of aromatic nitrogens is 1. The van der Waals surface area contributed by atoms with Crippen LogP contribution in [0.4, 0.5) is 0 Å². The van der Waals surface area contributed by atoms with E-state index in [1.165, 1.54) is 5.56 Å². The standard InChI is InChI=1S/C29H30N2O3S/c1-24-14-16-27(17-15-24)35(32,33)30-19-18-26-22-31(29-13-7-6-12-28(26)29)20-8-3-9-21-34-23-25-10-4-2-5-11-25/h2,4-7,10-17,22,30H,3,9,18-19,21,23H2,1H3. The van der Waals surface area contributed by atoms with Crippen LogP contribution in [0.1, 0.15) is 29.5 Å². The molecule has 0 amide bonds. The average Bonchev–Trinajstić information content (AvgIpc) is 3.22. The molecular formula is C29H30N2O3S. The Morgan fingerprint density at radius 1 is 0.943 bits per heavy atom. The largest absolute Gasteiger partial charge is 0.377 e. The lowest BCUT2D eigenvalue weighted by Gasteiger charge is -2.06. The molecule has 0 bridgehead atoms. The molecular weight excluding hydrogens is 456 g/mol. The van der Waals surface area contributed by atoms with E-state index in [1.54, 1.807) is 24.3 Å². The smallest absolute Gasteiger partial charge is 0.240 e. The van der Waals surface area contributed by atoms with Gasteiger partial charge < -0.3 is 4.74 Å². The Kier molecular flexibility index (Phi) is 8.38. The number of fused-ring (bicyclic) bond motifs is 1. The molecule has 0 aliphatic carbocycles. The van der Waals surface area contributed by atoms with E-state index >= 15 is 0 Å². The minimum absolute atomic E-state index is 0.282. The molecule has 35 heavy (non-hydrogen) atoms. The fraction of sp³-hybridized carbons (Fsp3) is 0.241. The molecule has 0 fully saturated rings. The number of nitrogens with zero attached hydrogens (tertiary/aromatic N) is 1. The molecule has 3 aromatic carbocycles. The SMILES string of the molecule is Cc1ccc(S(=O)(=O)NCCc2cn(C#CCCCOCc3ccccc3)c3ccccc23)cc1. The highest BCUT2D eigenvalue weighted by molar-refractivity contribution is 7.89. The predicted octanol–water partition coefficient (Wildman–Crippen LogP) is 5.28. The molecule has 4 aromatic rings. The second-order valence-electron chi connectivity index (χ2n) is 8.43. The molecule has 0 radical (unpaired) electrons. The zero-order valence-corrected chi connectivity index (χ0v) is 20.7. The monoisotopic (exact) mass is 486 g/mol. The van der Waals surface area contributed by atoms with Crippen LogP contribution < -0.4 is 4.72 Å². The summed E-state index contributed by atoms with van der Waals surface area (Å²) >= 11 is 0. The molecule has 0 unspecified atom stereocenters. The van der Waals surface area contributed by atoms with Crippen molar-refractivity contribution < 1.29 is 13.2 Å². The van der Waals surface area contributed by atoms with Crippen molar-refractivity contribution in [1.29, 1.82) is 0 Å². The Morgan fingerprint density at radius 2 is 1.69 bits per heavy atom. The maximum absolute atomic E-state index is 12.6. The lowest BCUT2D eigenvalue weighted by atomic mass is 10.1. The number of unbranched alkanes of at least 4 members (excludes halogenated alkanes) is 1. The summed E-state index contributed by atoms with van der Waals surface area (Å²) in [6.07, 6.45) is 4.19. The molecule has 0 saturated heterocycles. The Bertz CT molecular complexity index is 1410. The number of nitrogens with one attached hydrogen (secondary N) is 1. The van der Waals surface area contributed by atoms with Crippen molar-refractivity contribution in [2.24, 2.45) is 0 Å². The molecule has 6 heteroatoms. The zero-order chi connectivity index (χ0) is 24.5. The summed E-state index contributed by atoms with van der Waals surface area (Å²) in [5.41, 5.74) is 4.29. The molecule has 1 aromatic heterocycles. The van der Waals surface area contributed by atoms with E-state index in [-0.39, 0.29) is 4.90 Å². The van der Waals surface area contributed by atoms with Crippen LogP contribution >= 0.6 is 0 Å². The number of ether oxygens (including phenoxy) is 1. The third-order valence-electron chi connectivity index (χ3n) is 5.71. The van der Waals surface area contributed by atoms with Crippen LogP contribution in [0.5, 0.6) is 0 Å². The van der Waals surface area contributed by atoms with Crippen LogP contribution in [-0.2, 0) is 27.8 Å². The van der Waals surface area contributed by atoms with Crippen LogP contribution in [0, 0.1) is 18.9 Å². The number of aryl methyl sites for hydroxylation is 1. The van der Waals surface area contributed by atoms with Gasteiger partial charge in [0, 0.05) is 37.2 Å². The molecule has 1 heterocycles. The first-order valence-electron chi connectivity index (χ1n) is 11.8. The van der Waals surface area contributed by atoms with Gasteiger partial charge in [0.1, 0.15) is 0 Å². The van der Waals surface area contributed by atoms with E-state index in [0.717, 1.165) is 34.9 Å². The molecule has 4 rings (SSSR count). The van der Waals surface area contributed by atoms with Crippen molar-refractivity contribution >= 4 is 20.9 Å². The molecule has 0 atom stereocenters. The molecule has 0 aliphatic rings. The lowest BCUT2D eigenvalue weighted by Crippen LogP contribution is -2.25. The van der Waals surface area contributed by atoms with Gasteiger partial charge in [-0.15, -0.1) is 0 Å². The van der Waals surface area contributed by atoms with E-state index in [1.807, 2.05) is 54.1 Å². The van der Waals surface area contributed by atoms with Crippen LogP contribution in [0.3, 0.4) is 0 Å². The van der Waals surface area contributed by atoms with E-state index in [0.29, 0.717) is 26.2 Å². The van der Waals surface area contributed by atoms with Gasteiger partial charge in [-0.05, 0) is 49.1 Å². The Hall–Kier alpha value is -3.37. The van der Waals surface area contributed by atoms with Gasteiger partial charge in [-0.3, -0.25) is 4.57 Å². The van der Waals surface area contributed by atoms with Crippen molar-refractivity contribution in [3.05, 3.63) is 102 Å². The lowest BCUT2D eigenvalue weighted by molar-refractivity contribution is 0.119. The normalized spacial score (nSPS) is 11.3. The molecule has 0 aliphatic heterocycles. The number of hydrogen-bond donors (Lipinski definition) is 1. The fourth-order valence-corrected chi connectivity index (χ4v) is 4.86. The van der Waals surface area contributed by atoms with Gasteiger partial charge in [-0.2, -0.15) is 0 Å². The molecule has 0 saturated carbocycles. The van der Waals surface area contributed by atoms with Crippen molar-refractivity contribution in [3.63, 3.8) is 0 Å². The molecule has 0 spiro atoms. The van der Waals surface area contributed by atoms with E-state index in [4.69, 9.17) is 4.74 Å². The average molecular weight is 487 g/mol. The number of sulfonamides is 1. The summed E-state index contributed by atoms with van der Waals surface area (Å²) < 4.78 is 35.5. The van der Waals surface area contributed by atoms with Gasteiger partial charge in [0.15, 0.2) is 0 Å². The number of hydrogen-bond acceptors (Lipinski definition) is 3. The van der Waals surface area contributed by atoms with Crippen LogP contribution in [0.2, 0.25) is 0 Å². The topological polar surface area (TPSA) is 60.3 Å². The predicted molar refractivity (Wildman–Crippen MR) is 141 cm³/mol. The third-order valence-corrected chi connectivity index (χ3v) is 7.19. The second kappa shape index (κ2) is 11.9. The van der Waals surface area contributed by atoms with Crippen LogP contribution in [0.15, 0.2) is 90.0 Å². The quantitative estimate of drug-likeness (QED) is 0.245. The first-order chi connectivity index (χ1) is 17.0. The fourth-order valence-electron chi connectivity index (χ4n) is 3.83. The van der Waals surface area contributed by atoms with E-state index < -0.39 is 10.0 Å². The highest BCUT2D eigenvalue weighted by Gasteiger charge is 2.14. The van der Waals surface area contributed by atoms with Gasteiger partial charge in [0.05, 0.1) is 17.0 Å². The van der Waals surface area contributed by atoms with Crippen molar-refractivity contribution in [3.8, 4) is 12.0 Å². The maximum atomic E-state index is 12.6. The summed E-state index contributed by atoms with van der Waals surface area (Å²) in [6.45, 7) is 3.54. The summed E-state index contributed by atoms with van der Waals surface area (Å²) in [6, 6.07) is 28.3. The number of benzene rings is 3. The van der Waals surface area contributed by atoms with Crippen molar-refractivity contribution in [2.75, 3.05) is 13.2 Å². The van der Waals surface area contributed by atoms with Crippen LogP contribution in [-0.4, -0.2) is 26.1 Å². The molecule has 5 nitrogen and oxygen atoms in total.